The molecule has 0 atom stereocenters. The van der Waals surface area contributed by atoms with Crippen molar-refractivity contribution >= 4 is 5.97 Å². The number of ether oxygens (including phenoxy) is 2. The van der Waals surface area contributed by atoms with E-state index in [2.05, 4.69) is 9.72 Å². The molecular weight excluding hydrogens is 269 g/mol. The fraction of sp³-hybridized carbons (Fsp3) is 0.400. The number of pyridine rings is 1. The summed E-state index contributed by atoms with van der Waals surface area (Å²) in [7, 11) is 1.27. The van der Waals surface area contributed by atoms with Gasteiger partial charge in [-0.25, -0.2) is 4.98 Å². The quantitative estimate of drug-likeness (QED) is 0.838. The largest absolute Gasteiger partial charge is 0.574 e. The van der Waals surface area contributed by atoms with E-state index in [0.717, 1.165) is 6.07 Å². The molecule has 1 aromatic rings. The molecule has 1 aromatic heterocycles. The molecule has 19 heavy (non-hydrogen) atoms. The third-order valence-corrected chi connectivity index (χ3v) is 2.07. The normalized spacial score (nSPS) is 11.2. The molecule has 1 rings (SSSR count). The van der Waals surface area contributed by atoms with Crippen molar-refractivity contribution in [2.45, 2.75) is 19.3 Å². The van der Waals surface area contributed by atoms with Gasteiger partial charge in [0.1, 0.15) is 5.75 Å². The van der Waals surface area contributed by atoms with Gasteiger partial charge in [0.25, 0.3) is 0 Å². The van der Waals surface area contributed by atoms with Crippen LogP contribution in [0.3, 0.4) is 0 Å². The summed E-state index contributed by atoms with van der Waals surface area (Å²) in [6.45, 7) is -0.176. The zero-order valence-electron chi connectivity index (χ0n) is 9.82. The molecule has 106 valence electrons. The molecule has 0 fully saturated rings. The Hall–Kier alpha value is -2.03. The fourth-order valence-electron chi connectivity index (χ4n) is 1.36. The van der Waals surface area contributed by atoms with Gasteiger partial charge in [0.2, 0.25) is 5.88 Å². The number of rotatable bonds is 5. The number of nitrogens with two attached hydrogens (primary N) is 1. The molecule has 0 aliphatic carbocycles. The number of aliphatic carboxylic acids is 1. The molecule has 1 heterocycles. The summed E-state index contributed by atoms with van der Waals surface area (Å²) < 4.78 is 45.2. The van der Waals surface area contributed by atoms with Crippen LogP contribution in [-0.4, -0.2) is 29.5 Å². The third-order valence-electron chi connectivity index (χ3n) is 2.07. The summed E-state index contributed by atoms with van der Waals surface area (Å²) in [4.78, 5) is 14.2. The number of carbonyl (C=O) groups is 1. The summed E-state index contributed by atoms with van der Waals surface area (Å²) in [5, 5.41) is 8.65. The second kappa shape index (κ2) is 5.74. The molecule has 0 spiro atoms. The van der Waals surface area contributed by atoms with Gasteiger partial charge in [0.05, 0.1) is 19.2 Å². The lowest BCUT2D eigenvalue weighted by atomic mass is 10.1. The van der Waals surface area contributed by atoms with Crippen LogP contribution in [0.4, 0.5) is 13.2 Å². The van der Waals surface area contributed by atoms with Crippen molar-refractivity contribution in [3.63, 3.8) is 0 Å². The monoisotopic (exact) mass is 280 g/mol. The van der Waals surface area contributed by atoms with E-state index in [-0.39, 0.29) is 23.6 Å². The Bertz CT molecular complexity index is 477. The van der Waals surface area contributed by atoms with Crippen LogP contribution in [0.2, 0.25) is 0 Å². The first-order valence-corrected chi connectivity index (χ1v) is 5.01. The molecule has 0 aliphatic heterocycles. The maximum atomic E-state index is 12.2. The number of alkyl halides is 3. The Morgan fingerprint density at radius 3 is 2.58 bits per heavy atom. The summed E-state index contributed by atoms with van der Waals surface area (Å²) in [5.41, 5.74) is 5.10. The molecule has 9 heteroatoms. The van der Waals surface area contributed by atoms with E-state index < -0.39 is 24.6 Å². The first-order chi connectivity index (χ1) is 8.76. The Morgan fingerprint density at radius 2 is 2.16 bits per heavy atom. The van der Waals surface area contributed by atoms with Gasteiger partial charge in [0, 0.05) is 12.1 Å². The van der Waals surface area contributed by atoms with E-state index in [9.17, 15) is 18.0 Å². The minimum Gasteiger partial charge on any atom is -0.495 e. The van der Waals surface area contributed by atoms with Crippen molar-refractivity contribution < 1.29 is 32.5 Å². The average molecular weight is 280 g/mol. The Balaban J connectivity index is 3.27. The van der Waals surface area contributed by atoms with Crippen LogP contribution in [-0.2, 0) is 17.8 Å². The number of hydrogen-bond donors (Lipinski definition) is 2. The number of carboxylic acids is 1. The summed E-state index contributed by atoms with van der Waals surface area (Å²) in [6.07, 6.45) is -5.65. The lowest BCUT2D eigenvalue weighted by Gasteiger charge is -2.14. The van der Waals surface area contributed by atoms with Gasteiger partial charge in [-0.1, -0.05) is 0 Å². The van der Waals surface area contributed by atoms with Crippen LogP contribution >= 0.6 is 0 Å². The number of nitrogens with zero attached hydrogens (tertiary/aromatic N) is 1. The van der Waals surface area contributed by atoms with Crippen LogP contribution in [0.5, 0.6) is 11.6 Å². The zero-order valence-corrected chi connectivity index (χ0v) is 9.82. The molecule has 0 aliphatic rings. The highest BCUT2D eigenvalue weighted by molar-refractivity contribution is 5.71. The highest BCUT2D eigenvalue weighted by atomic mass is 19.4. The van der Waals surface area contributed by atoms with Crippen molar-refractivity contribution in [2.24, 2.45) is 5.73 Å². The smallest absolute Gasteiger partial charge is 0.495 e. The maximum Gasteiger partial charge on any atom is 0.574 e. The van der Waals surface area contributed by atoms with E-state index in [4.69, 9.17) is 15.6 Å². The molecule has 0 amide bonds. The maximum absolute atomic E-state index is 12.2. The predicted octanol–water partition coefficient (Wildman–Crippen LogP) is 1.07. The molecule has 0 saturated carbocycles. The van der Waals surface area contributed by atoms with Crippen LogP contribution in [0.15, 0.2) is 6.07 Å². The van der Waals surface area contributed by atoms with Crippen molar-refractivity contribution in [3.05, 3.63) is 17.3 Å². The van der Waals surface area contributed by atoms with Gasteiger partial charge < -0.3 is 20.3 Å². The summed E-state index contributed by atoms with van der Waals surface area (Å²) in [5.74, 6) is -2.05. The van der Waals surface area contributed by atoms with Gasteiger partial charge in [-0.05, 0) is 6.07 Å². The van der Waals surface area contributed by atoms with Gasteiger partial charge in [0.15, 0.2) is 0 Å². The molecular formula is C10H11F3N2O4. The number of hydrogen-bond acceptors (Lipinski definition) is 5. The number of carboxylic acid groups (broad SMARTS) is 1. The minimum atomic E-state index is -4.97. The van der Waals surface area contributed by atoms with Crippen molar-refractivity contribution in [3.8, 4) is 11.6 Å². The first kappa shape index (κ1) is 15.0. The van der Waals surface area contributed by atoms with Crippen LogP contribution in [0.25, 0.3) is 0 Å². The molecule has 0 bridgehead atoms. The second-order valence-corrected chi connectivity index (χ2v) is 3.42. The summed E-state index contributed by atoms with van der Waals surface area (Å²) in [6, 6.07) is 1.12. The van der Waals surface area contributed by atoms with Gasteiger partial charge in [-0.3, -0.25) is 4.79 Å². The van der Waals surface area contributed by atoms with Gasteiger partial charge in [-0.15, -0.1) is 13.2 Å². The lowest BCUT2D eigenvalue weighted by molar-refractivity contribution is -0.276. The van der Waals surface area contributed by atoms with E-state index in [1.54, 1.807) is 0 Å². The Kier molecular flexibility index (Phi) is 4.54. The van der Waals surface area contributed by atoms with E-state index in [1.165, 1.54) is 7.11 Å². The predicted molar refractivity (Wildman–Crippen MR) is 56.7 cm³/mol. The topological polar surface area (TPSA) is 94.7 Å². The van der Waals surface area contributed by atoms with E-state index in [1.807, 2.05) is 0 Å². The highest BCUT2D eigenvalue weighted by Gasteiger charge is 2.33. The van der Waals surface area contributed by atoms with E-state index >= 15 is 0 Å². The molecule has 6 nitrogen and oxygen atoms in total. The highest BCUT2D eigenvalue weighted by Crippen LogP contribution is 2.29. The van der Waals surface area contributed by atoms with E-state index in [0.29, 0.717) is 0 Å². The first-order valence-electron chi connectivity index (χ1n) is 5.01. The minimum absolute atomic E-state index is 0.0379. The second-order valence-electron chi connectivity index (χ2n) is 3.42. The molecule has 0 aromatic carbocycles. The van der Waals surface area contributed by atoms with Gasteiger partial charge in [-0.2, -0.15) is 0 Å². The molecule has 0 unspecified atom stereocenters. The lowest BCUT2D eigenvalue weighted by Crippen LogP contribution is -2.20. The fourth-order valence-corrected chi connectivity index (χ4v) is 1.36. The molecule has 0 radical (unpaired) electrons. The summed E-state index contributed by atoms with van der Waals surface area (Å²) >= 11 is 0. The number of halogens is 3. The van der Waals surface area contributed by atoms with Gasteiger partial charge >= 0.3 is 12.3 Å². The third kappa shape index (κ3) is 4.28. The Labute approximate surface area is 105 Å². The van der Waals surface area contributed by atoms with Crippen molar-refractivity contribution in [1.29, 1.82) is 0 Å². The number of aromatic nitrogens is 1. The average Bonchev–Trinajstić information content (AvgIpc) is 2.28. The van der Waals surface area contributed by atoms with Crippen molar-refractivity contribution in [2.75, 3.05) is 7.11 Å². The zero-order chi connectivity index (χ0) is 14.6. The SMILES string of the molecule is COc1cc(CC(=O)O)c(OC(F)(F)F)nc1CN. The Morgan fingerprint density at radius 1 is 1.53 bits per heavy atom. The van der Waals surface area contributed by atoms with Crippen LogP contribution < -0.4 is 15.2 Å². The van der Waals surface area contributed by atoms with Crippen LogP contribution in [0.1, 0.15) is 11.3 Å². The standard InChI is InChI=1S/C10H11F3N2O4/c1-18-7-2-5(3-8(16)17)9(15-6(7)4-14)19-10(11,12)13/h2H,3-4,14H2,1H3,(H,16,17). The van der Waals surface area contributed by atoms with Crippen molar-refractivity contribution in [1.82, 2.24) is 4.98 Å². The van der Waals surface area contributed by atoms with Crippen LogP contribution in [0, 0.1) is 0 Å². The molecule has 3 N–H and O–H groups in total. The molecule has 0 saturated heterocycles. The number of methoxy groups -OCH3 is 1.